The van der Waals surface area contributed by atoms with Crippen molar-refractivity contribution in [3.63, 3.8) is 0 Å². The van der Waals surface area contributed by atoms with Gasteiger partial charge in [-0.25, -0.2) is 0 Å². The number of amides is 1. The number of hydrogen-bond donors (Lipinski definition) is 2. The van der Waals surface area contributed by atoms with Crippen molar-refractivity contribution >= 4 is 5.91 Å². The Kier molecular flexibility index (Phi) is 3.75. The SMILES string of the molecule is CNC(=O)C1CNCCN1Cc1ccc2c(c1)OCO2. The molecule has 6 heteroatoms. The molecule has 2 aliphatic rings. The summed E-state index contributed by atoms with van der Waals surface area (Å²) in [5.41, 5.74) is 1.13. The van der Waals surface area contributed by atoms with Gasteiger partial charge in [-0.3, -0.25) is 9.69 Å². The lowest BCUT2D eigenvalue weighted by atomic mass is 10.1. The molecule has 0 saturated carbocycles. The smallest absolute Gasteiger partial charge is 0.238 e. The third kappa shape index (κ3) is 2.57. The molecule has 108 valence electrons. The van der Waals surface area contributed by atoms with E-state index in [0.717, 1.165) is 36.7 Å². The van der Waals surface area contributed by atoms with Crippen molar-refractivity contribution < 1.29 is 14.3 Å². The van der Waals surface area contributed by atoms with Crippen LogP contribution in [0.1, 0.15) is 5.56 Å². The van der Waals surface area contributed by atoms with Gasteiger partial charge < -0.3 is 20.1 Å². The molecule has 1 saturated heterocycles. The first-order chi connectivity index (χ1) is 9.78. The predicted molar refractivity (Wildman–Crippen MR) is 73.7 cm³/mol. The van der Waals surface area contributed by atoms with Crippen LogP contribution in [0.2, 0.25) is 0 Å². The monoisotopic (exact) mass is 277 g/mol. The summed E-state index contributed by atoms with van der Waals surface area (Å²) >= 11 is 0. The number of carbonyl (C=O) groups is 1. The van der Waals surface area contributed by atoms with Gasteiger partial charge in [-0.15, -0.1) is 0 Å². The number of piperazine rings is 1. The lowest BCUT2D eigenvalue weighted by Gasteiger charge is -2.34. The average molecular weight is 277 g/mol. The Morgan fingerprint density at radius 3 is 3.15 bits per heavy atom. The number of nitrogens with zero attached hydrogens (tertiary/aromatic N) is 1. The van der Waals surface area contributed by atoms with E-state index in [1.54, 1.807) is 7.05 Å². The van der Waals surface area contributed by atoms with Crippen LogP contribution >= 0.6 is 0 Å². The first-order valence-corrected chi connectivity index (χ1v) is 6.83. The number of rotatable bonds is 3. The zero-order chi connectivity index (χ0) is 13.9. The zero-order valence-corrected chi connectivity index (χ0v) is 11.5. The van der Waals surface area contributed by atoms with Crippen molar-refractivity contribution in [3.8, 4) is 11.5 Å². The average Bonchev–Trinajstić information content (AvgIpc) is 2.94. The van der Waals surface area contributed by atoms with E-state index in [2.05, 4.69) is 15.5 Å². The molecule has 0 radical (unpaired) electrons. The fourth-order valence-electron chi connectivity index (χ4n) is 2.63. The van der Waals surface area contributed by atoms with Crippen LogP contribution in [0.4, 0.5) is 0 Å². The second-order valence-corrected chi connectivity index (χ2v) is 4.99. The summed E-state index contributed by atoms with van der Waals surface area (Å²) in [6.45, 7) is 3.46. The van der Waals surface area contributed by atoms with Crippen molar-refractivity contribution in [1.29, 1.82) is 0 Å². The molecule has 1 aromatic carbocycles. The van der Waals surface area contributed by atoms with E-state index in [1.165, 1.54) is 0 Å². The van der Waals surface area contributed by atoms with E-state index >= 15 is 0 Å². The Hall–Kier alpha value is -1.79. The Balaban J connectivity index is 1.73. The third-order valence-electron chi connectivity index (χ3n) is 3.73. The zero-order valence-electron chi connectivity index (χ0n) is 11.5. The predicted octanol–water partition coefficient (Wildman–Crippen LogP) is -0.0649. The highest BCUT2D eigenvalue weighted by atomic mass is 16.7. The van der Waals surface area contributed by atoms with E-state index < -0.39 is 0 Å². The fourth-order valence-corrected chi connectivity index (χ4v) is 2.63. The molecule has 3 rings (SSSR count). The molecule has 0 aromatic heterocycles. The van der Waals surface area contributed by atoms with Crippen LogP contribution in [0.5, 0.6) is 11.5 Å². The Labute approximate surface area is 118 Å². The standard InChI is InChI=1S/C14H19N3O3/c1-15-14(18)11-7-16-4-5-17(11)8-10-2-3-12-13(6-10)20-9-19-12/h2-3,6,11,16H,4-5,7-9H2,1H3,(H,15,18). The summed E-state index contributed by atoms with van der Waals surface area (Å²) in [6, 6.07) is 5.82. The van der Waals surface area contributed by atoms with Crippen LogP contribution in [0.15, 0.2) is 18.2 Å². The number of carbonyl (C=O) groups excluding carboxylic acids is 1. The normalized spacial score (nSPS) is 21.8. The lowest BCUT2D eigenvalue weighted by Crippen LogP contribution is -2.56. The molecule has 2 aliphatic heterocycles. The van der Waals surface area contributed by atoms with Crippen molar-refractivity contribution in [2.45, 2.75) is 12.6 Å². The highest BCUT2D eigenvalue weighted by Gasteiger charge is 2.28. The number of ether oxygens (including phenoxy) is 2. The van der Waals surface area contributed by atoms with Crippen LogP contribution in [0.3, 0.4) is 0 Å². The van der Waals surface area contributed by atoms with E-state index in [0.29, 0.717) is 6.54 Å². The Morgan fingerprint density at radius 2 is 2.30 bits per heavy atom. The van der Waals surface area contributed by atoms with Crippen LogP contribution < -0.4 is 20.1 Å². The molecule has 1 amide bonds. The maximum atomic E-state index is 11.9. The van der Waals surface area contributed by atoms with Crippen LogP contribution in [0.25, 0.3) is 0 Å². The molecule has 0 bridgehead atoms. The minimum Gasteiger partial charge on any atom is -0.454 e. The molecule has 2 N–H and O–H groups in total. The third-order valence-corrected chi connectivity index (χ3v) is 3.73. The van der Waals surface area contributed by atoms with Gasteiger partial charge in [0.05, 0.1) is 0 Å². The van der Waals surface area contributed by atoms with Crippen molar-refractivity contribution in [1.82, 2.24) is 15.5 Å². The minimum atomic E-state index is -0.126. The second-order valence-electron chi connectivity index (χ2n) is 4.99. The maximum Gasteiger partial charge on any atom is 0.238 e. The molecular formula is C14H19N3O3. The van der Waals surface area contributed by atoms with Gasteiger partial charge in [0.15, 0.2) is 11.5 Å². The molecule has 1 unspecified atom stereocenters. The first kappa shape index (κ1) is 13.2. The molecule has 1 aromatic rings. The van der Waals surface area contributed by atoms with Crippen LogP contribution in [0, 0.1) is 0 Å². The van der Waals surface area contributed by atoms with E-state index in [4.69, 9.17) is 9.47 Å². The van der Waals surface area contributed by atoms with Crippen molar-refractivity contribution in [2.24, 2.45) is 0 Å². The molecule has 6 nitrogen and oxygen atoms in total. The molecule has 1 fully saturated rings. The summed E-state index contributed by atoms with van der Waals surface area (Å²) in [6.07, 6.45) is 0. The van der Waals surface area contributed by atoms with Crippen LogP contribution in [-0.4, -0.2) is 50.3 Å². The highest BCUT2D eigenvalue weighted by Crippen LogP contribution is 2.32. The van der Waals surface area contributed by atoms with Gasteiger partial charge in [-0.1, -0.05) is 6.07 Å². The summed E-state index contributed by atoms with van der Waals surface area (Å²) in [5.74, 6) is 1.63. The molecule has 1 atom stereocenters. The summed E-state index contributed by atoms with van der Waals surface area (Å²) in [4.78, 5) is 14.1. The number of fused-ring (bicyclic) bond motifs is 1. The lowest BCUT2D eigenvalue weighted by molar-refractivity contribution is -0.126. The number of benzene rings is 1. The van der Waals surface area contributed by atoms with Crippen molar-refractivity contribution in [2.75, 3.05) is 33.5 Å². The van der Waals surface area contributed by atoms with Gasteiger partial charge in [-0.2, -0.15) is 0 Å². The van der Waals surface area contributed by atoms with E-state index in [1.807, 2.05) is 18.2 Å². The van der Waals surface area contributed by atoms with Crippen molar-refractivity contribution in [3.05, 3.63) is 23.8 Å². The maximum absolute atomic E-state index is 11.9. The number of hydrogen-bond acceptors (Lipinski definition) is 5. The van der Waals surface area contributed by atoms with Gasteiger partial charge in [0.2, 0.25) is 12.7 Å². The summed E-state index contributed by atoms with van der Waals surface area (Å²) in [7, 11) is 1.68. The molecular weight excluding hydrogens is 258 g/mol. The first-order valence-electron chi connectivity index (χ1n) is 6.83. The Bertz CT molecular complexity index is 506. The minimum absolute atomic E-state index is 0.0537. The van der Waals surface area contributed by atoms with E-state index in [9.17, 15) is 4.79 Å². The summed E-state index contributed by atoms with van der Waals surface area (Å²) in [5, 5.41) is 5.99. The summed E-state index contributed by atoms with van der Waals surface area (Å²) < 4.78 is 10.7. The quantitative estimate of drug-likeness (QED) is 0.810. The second kappa shape index (κ2) is 5.68. The fraction of sp³-hybridized carbons (Fsp3) is 0.500. The number of nitrogens with one attached hydrogen (secondary N) is 2. The van der Waals surface area contributed by atoms with Crippen LogP contribution in [-0.2, 0) is 11.3 Å². The van der Waals surface area contributed by atoms with Gasteiger partial charge in [-0.05, 0) is 17.7 Å². The Morgan fingerprint density at radius 1 is 1.45 bits per heavy atom. The topological polar surface area (TPSA) is 62.8 Å². The van der Waals surface area contributed by atoms with E-state index in [-0.39, 0.29) is 18.7 Å². The van der Waals surface area contributed by atoms with Gasteiger partial charge in [0, 0.05) is 33.2 Å². The molecule has 2 heterocycles. The van der Waals surface area contributed by atoms with Gasteiger partial charge >= 0.3 is 0 Å². The molecule has 0 aliphatic carbocycles. The number of likely N-dealkylation sites (N-methyl/N-ethyl adjacent to an activating group) is 1. The van der Waals surface area contributed by atoms with Gasteiger partial charge in [0.25, 0.3) is 0 Å². The van der Waals surface area contributed by atoms with Gasteiger partial charge in [0.1, 0.15) is 6.04 Å². The highest BCUT2D eigenvalue weighted by molar-refractivity contribution is 5.81. The largest absolute Gasteiger partial charge is 0.454 e. The molecule has 0 spiro atoms. The molecule has 20 heavy (non-hydrogen) atoms.